The largest absolute Gasteiger partial charge is 0.486 e. The molecule has 0 spiro atoms. The van der Waals surface area contributed by atoms with Crippen LogP contribution >= 0.6 is 0 Å². The van der Waals surface area contributed by atoms with Gasteiger partial charge in [-0.25, -0.2) is 4.39 Å². The van der Waals surface area contributed by atoms with Crippen molar-refractivity contribution in [2.24, 2.45) is 0 Å². The third-order valence-corrected chi connectivity index (χ3v) is 3.55. The van der Waals surface area contributed by atoms with E-state index in [1.54, 1.807) is 18.2 Å². The van der Waals surface area contributed by atoms with Gasteiger partial charge in [0, 0.05) is 29.4 Å². The van der Waals surface area contributed by atoms with Crippen LogP contribution in [0.25, 0.3) is 10.9 Å². The number of aryl methyl sites for hydroxylation is 1. The van der Waals surface area contributed by atoms with Gasteiger partial charge in [-0.1, -0.05) is 18.2 Å². The number of benzene rings is 2. The van der Waals surface area contributed by atoms with Crippen molar-refractivity contribution in [2.75, 3.05) is 5.73 Å². The molecule has 0 fully saturated rings. The van der Waals surface area contributed by atoms with Crippen LogP contribution in [-0.2, 0) is 13.2 Å². The molecule has 3 nitrogen and oxygen atoms in total. The second kappa shape index (κ2) is 5.48. The van der Waals surface area contributed by atoms with Crippen LogP contribution < -0.4 is 10.5 Å². The van der Waals surface area contributed by atoms with Crippen molar-refractivity contribution in [3.05, 3.63) is 60.0 Å². The summed E-state index contributed by atoms with van der Waals surface area (Å²) in [5, 5.41) is 1.09. The quantitative estimate of drug-likeness (QED) is 0.737. The van der Waals surface area contributed by atoms with E-state index in [2.05, 4.69) is 11.5 Å². The first-order chi connectivity index (χ1) is 10.2. The van der Waals surface area contributed by atoms with E-state index in [-0.39, 0.29) is 11.6 Å². The van der Waals surface area contributed by atoms with Crippen LogP contribution in [0.1, 0.15) is 12.5 Å². The number of fused-ring (bicyclic) bond motifs is 1. The van der Waals surface area contributed by atoms with Crippen molar-refractivity contribution in [3.8, 4) is 5.75 Å². The number of anilines is 1. The number of nitrogen functional groups attached to an aromatic ring is 1. The van der Waals surface area contributed by atoms with Gasteiger partial charge in [0.1, 0.15) is 6.61 Å². The summed E-state index contributed by atoms with van der Waals surface area (Å²) in [6, 6.07) is 12.2. The Hall–Kier alpha value is -2.49. The molecule has 0 atom stereocenters. The molecule has 4 heteroatoms. The lowest BCUT2D eigenvalue weighted by atomic mass is 10.1. The molecule has 0 aliphatic carbocycles. The first kappa shape index (κ1) is 13.5. The number of aromatic nitrogens is 1. The van der Waals surface area contributed by atoms with Crippen LogP contribution in [0, 0.1) is 5.82 Å². The maximum atomic E-state index is 13.6. The molecule has 3 rings (SSSR count). The summed E-state index contributed by atoms with van der Waals surface area (Å²) in [4.78, 5) is 0. The van der Waals surface area contributed by atoms with Crippen molar-refractivity contribution < 1.29 is 9.13 Å². The Labute approximate surface area is 122 Å². The van der Waals surface area contributed by atoms with Crippen LogP contribution in [0.4, 0.5) is 10.1 Å². The SMILES string of the molecule is CCn1cc(COc2ccccc2F)c2ccc(N)cc21. The summed E-state index contributed by atoms with van der Waals surface area (Å²) >= 11 is 0. The molecule has 0 bridgehead atoms. The van der Waals surface area contributed by atoms with E-state index < -0.39 is 0 Å². The number of nitrogens with zero attached hydrogens (tertiary/aromatic N) is 1. The second-order valence-electron chi connectivity index (χ2n) is 4.94. The topological polar surface area (TPSA) is 40.2 Å². The molecule has 21 heavy (non-hydrogen) atoms. The lowest BCUT2D eigenvalue weighted by Crippen LogP contribution is -1.97. The molecule has 3 aromatic rings. The summed E-state index contributed by atoms with van der Waals surface area (Å²) in [7, 11) is 0. The van der Waals surface area contributed by atoms with E-state index in [0.29, 0.717) is 6.61 Å². The minimum absolute atomic E-state index is 0.269. The van der Waals surface area contributed by atoms with E-state index in [1.807, 2.05) is 24.4 Å². The van der Waals surface area contributed by atoms with Gasteiger partial charge in [-0.05, 0) is 31.2 Å². The van der Waals surface area contributed by atoms with Crippen molar-refractivity contribution in [2.45, 2.75) is 20.1 Å². The number of para-hydroxylation sites is 1. The first-order valence-corrected chi connectivity index (χ1v) is 6.93. The summed E-state index contributed by atoms with van der Waals surface area (Å²) in [6.07, 6.45) is 2.03. The Morgan fingerprint density at radius 3 is 2.76 bits per heavy atom. The monoisotopic (exact) mass is 284 g/mol. The first-order valence-electron chi connectivity index (χ1n) is 6.93. The fraction of sp³-hybridized carbons (Fsp3) is 0.176. The molecule has 0 radical (unpaired) electrons. The van der Waals surface area contributed by atoms with Crippen molar-refractivity contribution >= 4 is 16.6 Å². The van der Waals surface area contributed by atoms with Gasteiger partial charge in [0.2, 0.25) is 0 Å². The number of halogens is 1. The molecule has 1 heterocycles. The zero-order valence-electron chi connectivity index (χ0n) is 11.8. The molecule has 0 saturated heterocycles. The molecule has 0 amide bonds. The van der Waals surface area contributed by atoms with E-state index in [0.717, 1.165) is 28.7 Å². The van der Waals surface area contributed by atoms with Gasteiger partial charge in [0.05, 0.1) is 5.52 Å². The Morgan fingerprint density at radius 1 is 1.19 bits per heavy atom. The van der Waals surface area contributed by atoms with Crippen molar-refractivity contribution in [1.29, 1.82) is 0 Å². The Kier molecular flexibility index (Phi) is 3.52. The smallest absolute Gasteiger partial charge is 0.165 e. The van der Waals surface area contributed by atoms with Gasteiger partial charge in [0.25, 0.3) is 0 Å². The van der Waals surface area contributed by atoms with Gasteiger partial charge in [0.15, 0.2) is 11.6 Å². The molecule has 2 aromatic carbocycles. The van der Waals surface area contributed by atoms with Gasteiger partial charge >= 0.3 is 0 Å². The zero-order valence-corrected chi connectivity index (χ0v) is 11.8. The van der Waals surface area contributed by atoms with Gasteiger partial charge in [-0.15, -0.1) is 0 Å². The Morgan fingerprint density at radius 2 is 2.00 bits per heavy atom. The molecule has 2 N–H and O–H groups in total. The van der Waals surface area contributed by atoms with Crippen LogP contribution in [-0.4, -0.2) is 4.57 Å². The van der Waals surface area contributed by atoms with E-state index in [4.69, 9.17) is 10.5 Å². The fourth-order valence-corrected chi connectivity index (χ4v) is 2.48. The average Bonchev–Trinajstić information content (AvgIpc) is 2.83. The van der Waals surface area contributed by atoms with E-state index in [9.17, 15) is 4.39 Å². The molecule has 0 aliphatic rings. The predicted molar refractivity (Wildman–Crippen MR) is 82.8 cm³/mol. The molecule has 0 aliphatic heterocycles. The second-order valence-corrected chi connectivity index (χ2v) is 4.94. The normalized spacial score (nSPS) is 11.0. The van der Waals surface area contributed by atoms with Crippen LogP contribution in [0.3, 0.4) is 0 Å². The van der Waals surface area contributed by atoms with Crippen LogP contribution in [0.5, 0.6) is 5.75 Å². The van der Waals surface area contributed by atoms with E-state index >= 15 is 0 Å². The highest BCUT2D eigenvalue weighted by molar-refractivity contribution is 5.86. The summed E-state index contributed by atoms with van der Waals surface area (Å²) in [5.74, 6) is -0.0775. The highest BCUT2D eigenvalue weighted by Crippen LogP contribution is 2.25. The standard InChI is InChI=1S/C17H17FN2O/c1-2-20-10-12(14-8-7-13(19)9-16(14)20)11-21-17-6-4-3-5-15(17)18/h3-10H,2,11,19H2,1H3. The third kappa shape index (κ3) is 2.57. The fourth-order valence-electron chi connectivity index (χ4n) is 2.48. The minimum atomic E-state index is -0.346. The van der Waals surface area contributed by atoms with Crippen molar-refractivity contribution in [3.63, 3.8) is 0 Å². The minimum Gasteiger partial charge on any atom is -0.486 e. The zero-order chi connectivity index (χ0) is 14.8. The lowest BCUT2D eigenvalue weighted by molar-refractivity contribution is 0.291. The third-order valence-electron chi connectivity index (χ3n) is 3.55. The lowest BCUT2D eigenvalue weighted by Gasteiger charge is -2.06. The summed E-state index contributed by atoms with van der Waals surface area (Å²) < 4.78 is 21.3. The summed E-state index contributed by atoms with van der Waals surface area (Å²) in [6.45, 7) is 3.25. The maximum absolute atomic E-state index is 13.6. The summed E-state index contributed by atoms with van der Waals surface area (Å²) in [5.41, 5.74) is 8.68. The molecule has 1 aromatic heterocycles. The Bertz CT molecular complexity index is 780. The van der Waals surface area contributed by atoms with Crippen molar-refractivity contribution in [1.82, 2.24) is 4.57 Å². The van der Waals surface area contributed by atoms with Gasteiger partial charge in [-0.2, -0.15) is 0 Å². The molecular weight excluding hydrogens is 267 g/mol. The molecular formula is C17H17FN2O. The van der Waals surface area contributed by atoms with Crippen LogP contribution in [0.2, 0.25) is 0 Å². The van der Waals surface area contributed by atoms with E-state index in [1.165, 1.54) is 6.07 Å². The Balaban J connectivity index is 1.92. The van der Waals surface area contributed by atoms with Crippen LogP contribution in [0.15, 0.2) is 48.7 Å². The number of hydrogen-bond acceptors (Lipinski definition) is 2. The number of nitrogens with two attached hydrogens (primary N) is 1. The number of rotatable bonds is 4. The van der Waals surface area contributed by atoms with Gasteiger partial charge in [-0.3, -0.25) is 0 Å². The highest BCUT2D eigenvalue weighted by atomic mass is 19.1. The molecule has 108 valence electrons. The van der Waals surface area contributed by atoms with Gasteiger partial charge < -0.3 is 15.0 Å². The average molecular weight is 284 g/mol. The number of hydrogen-bond donors (Lipinski definition) is 1. The molecule has 0 saturated carbocycles. The highest BCUT2D eigenvalue weighted by Gasteiger charge is 2.10. The predicted octanol–water partition coefficient (Wildman–Crippen LogP) is 3.96. The maximum Gasteiger partial charge on any atom is 0.165 e. The molecule has 0 unspecified atom stereocenters. The number of ether oxygens (including phenoxy) is 1.